The van der Waals surface area contributed by atoms with E-state index < -0.39 is 0 Å². The summed E-state index contributed by atoms with van der Waals surface area (Å²) < 4.78 is 0.873. The van der Waals surface area contributed by atoms with E-state index in [1.54, 1.807) is 23.1 Å². The molecule has 0 aromatic carbocycles. The van der Waals surface area contributed by atoms with Crippen molar-refractivity contribution in [1.82, 2.24) is 15.1 Å². The summed E-state index contributed by atoms with van der Waals surface area (Å²) in [4.78, 5) is 16.9. The number of anilines is 1. The lowest BCUT2D eigenvalue weighted by Gasteiger charge is -2.34. The Morgan fingerprint density at radius 2 is 1.83 bits per heavy atom. The average molecular weight is 357 g/mol. The number of hydrogen-bond donors (Lipinski definition) is 0. The Balaban J connectivity index is 2.05. The molecule has 0 unspecified atom stereocenters. The van der Waals surface area contributed by atoms with Gasteiger partial charge in [-0.2, -0.15) is 0 Å². The molecule has 1 amide bonds. The third-order valence-corrected chi connectivity index (χ3v) is 7.03. The highest BCUT2D eigenvalue weighted by molar-refractivity contribution is 8.02. The van der Waals surface area contributed by atoms with Crippen LogP contribution in [0.3, 0.4) is 0 Å². The molecular weight excluding hydrogens is 328 g/mol. The van der Waals surface area contributed by atoms with Crippen LogP contribution in [0.5, 0.6) is 0 Å². The molecule has 130 valence electrons. The fourth-order valence-corrected chi connectivity index (χ4v) is 4.93. The Kier molecular flexibility index (Phi) is 6.71. The Morgan fingerprint density at radius 3 is 2.35 bits per heavy atom. The average Bonchev–Trinajstić information content (AvgIpc) is 3.01. The molecule has 0 bridgehead atoms. The monoisotopic (exact) mass is 356 g/mol. The molecule has 0 spiro atoms. The Morgan fingerprint density at radius 1 is 1.17 bits per heavy atom. The normalized spacial score (nSPS) is 17.3. The van der Waals surface area contributed by atoms with E-state index in [1.165, 1.54) is 19.3 Å². The van der Waals surface area contributed by atoms with Gasteiger partial charge < -0.3 is 9.80 Å². The summed E-state index contributed by atoms with van der Waals surface area (Å²) in [5.41, 5.74) is 0. The molecule has 0 saturated heterocycles. The van der Waals surface area contributed by atoms with Gasteiger partial charge in [-0.25, -0.2) is 0 Å². The van der Waals surface area contributed by atoms with Crippen molar-refractivity contribution in [2.75, 3.05) is 26.0 Å². The molecule has 0 radical (unpaired) electrons. The fraction of sp³-hybridized carbons (Fsp3) is 0.812. The summed E-state index contributed by atoms with van der Waals surface area (Å²) >= 11 is 3.11. The molecule has 1 heterocycles. The van der Waals surface area contributed by atoms with E-state index in [-0.39, 0.29) is 17.1 Å². The van der Waals surface area contributed by atoms with Crippen LogP contribution in [-0.2, 0) is 4.79 Å². The highest BCUT2D eigenvalue weighted by atomic mass is 32.2. The van der Waals surface area contributed by atoms with Crippen molar-refractivity contribution >= 4 is 34.1 Å². The highest BCUT2D eigenvalue weighted by Crippen LogP contribution is 2.34. The van der Waals surface area contributed by atoms with Gasteiger partial charge in [-0.05, 0) is 18.8 Å². The minimum Gasteiger partial charge on any atom is -0.353 e. The van der Waals surface area contributed by atoms with Crippen molar-refractivity contribution in [1.29, 1.82) is 0 Å². The zero-order valence-corrected chi connectivity index (χ0v) is 16.4. The second-order valence-electron chi connectivity index (χ2n) is 6.77. The smallest absolute Gasteiger partial charge is 0.236 e. The van der Waals surface area contributed by atoms with Crippen LogP contribution >= 0.6 is 23.1 Å². The van der Waals surface area contributed by atoms with Crippen molar-refractivity contribution in [3.8, 4) is 0 Å². The molecule has 7 heteroatoms. The molecule has 23 heavy (non-hydrogen) atoms. The van der Waals surface area contributed by atoms with Crippen LogP contribution in [0.2, 0.25) is 0 Å². The van der Waals surface area contributed by atoms with Gasteiger partial charge in [-0.15, -0.1) is 10.2 Å². The van der Waals surface area contributed by atoms with Gasteiger partial charge in [0, 0.05) is 27.2 Å². The zero-order chi connectivity index (χ0) is 17.0. The Hall–Kier alpha value is -0.820. The molecule has 1 fully saturated rings. The van der Waals surface area contributed by atoms with Gasteiger partial charge >= 0.3 is 0 Å². The quantitative estimate of drug-likeness (QED) is 0.730. The summed E-state index contributed by atoms with van der Waals surface area (Å²) in [6.07, 6.45) is 6.07. The van der Waals surface area contributed by atoms with Gasteiger partial charge in [-0.1, -0.05) is 56.2 Å². The lowest BCUT2D eigenvalue weighted by atomic mass is 9.94. The van der Waals surface area contributed by atoms with Crippen LogP contribution < -0.4 is 4.90 Å². The number of nitrogens with zero attached hydrogens (tertiary/aromatic N) is 4. The van der Waals surface area contributed by atoms with Crippen LogP contribution in [0, 0.1) is 5.92 Å². The SMILES string of the molecule is CC(C)[C@H](Sc1nnc(N(C)C)s1)C(=O)N(C)C1CCCCC1. The third-order valence-electron chi connectivity index (χ3n) is 4.33. The molecule has 1 aliphatic carbocycles. The van der Waals surface area contributed by atoms with E-state index in [9.17, 15) is 4.79 Å². The van der Waals surface area contributed by atoms with Crippen LogP contribution in [0.1, 0.15) is 46.0 Å². The van der Waals surface area contributed by atoms with E-state index in [1.807, 2.05) is 30.9 Å². The van der Waals surface area contributed by atoms with Gasteiger partial charge in [0.05, 0.1) is 5.25 Å². The van der Waals surface area contributed by atoms with Crippen LogP contribution in [0.4, 0.5) is 5.13 Å². The standard InChI is InChI=1S/C16H28N4OS2/c1-11(2)13(22-16-18-17-15(23-16)19(3)4)14(21)20(5)12-9-7-6-8-10-12/h11-13H,6-10H2,1-5H3/t13-/m0/s1. The first-order valence-electron chi connectivity index (χ1n) is 8.34. The van der Waals surface area contributed by atoms with Crippen molar-refractivity contribution in [3.05, 3.63) is 0 Å². The van der Waals surface area contributed by atoms with Crippen LogP contribution in [-0.4, -0.2) is 53.4 Å². The predicted octanol–water partition coefficient (Wildman–Crippen LogP) is 3.51. The number of carbonyl (C=O) groups is 1. The summed E-state index contributed by atoms with van der Waals surface area (Å²) in [7, 11) is 5.88. The predicted molar refractivity (Wildman–Crippen MR) is 98.4 cm³/mol. The zero-order valence-electron chi connectivity index (χ0n) is 14.8. The fourth-order valence-electron chi connectivity index (χ4n) is 2.86. The van der Waals surface area contributed by atoms with Crippen molar-refractivity contribution in [2.45, 2.75) is 61.6 Å². The first-order valence-corrected chi connectivity index (χ1v) is 10.0. The molecular formula is C16H28N4OS2. The molecule has 1 saturated carbocycles. The molecule has 1 aromatic rings. The first-order chi connectivity index (χ1) is 10.9. The van der Waals surface area contributed by atoms with Gasteiger partial charge in [0.25, 0.3) is 0 Å². The summed E-state index contributed by atoms with van der Waals surface area (Å²) in [5, 5.41) is 9.19. The van der Waals surface area contributed by atoms with Crippen molar-refractivity contribution in [3.63, 3.8) is 0 Å². The maximum Gasteiger partial charge on any atom is 0.236 e. The second-order valence-corrected chi connectivity index (χ2v) is 9.11. The molecule has 1 aliphatic rings. The van der Waals surface area contributed by atoms with Crippen LogP contribution in [0.15, 0.2) is 4.34 Å². The lowest BCUT2D eigenvalue weighted by molar-refractivity contribution is -0.132. The number of rotatable bonds is 6. The van der Waals surface area contributed by atoms with Crippen molar-refractivity contribution in [2.24, 2.45) is 5.92 Å². The van der Waals surface area contributed by atoms with Gasteiger partial charge in [0.1, 0.15) is 0 Å². The summed E-state index contributed by atoms with van der Waals surface area (Å²) in [6.45, 7) is 4.22. The minimum atomic E-state index is -0.0927. The van der Waals surface area contributed by atoms with E-state index in [2.05, 4.69) is 24.0 Å². The maximum absolute atomic E-state index is 13.0. The number of carbonyl (C=O) groups excluding carboxylic acids is 1. The topological polar surface area (TPSA) is 49.3 Å². The molecule has 1 atom stereocenters. The number of thioether (sulfide) groups is 1. The number of amides is 1. The van der Waals surface area contributed by atoms with E-state index in [4.69, 9.17) is 0 Å². The lowest BCUT2D eigenvalue weighted by Crippen LogP contribution is -2.44. The highest BCUT2D eigenvalue weighted by Gasteiger charge is 2.31. The third kappa shape index (κ3) is 4.83. The van der Waals surface area contributed by atoms with E-state index in [0.29, 0.717) is 6.04 Å². The largest absolute Gasteiger partial charge is 0.353 e. The summed E-state index contributed by atoms with van der Waals surface area (Å²) in [6, 6.07) is 0.407. The van der Waals surface area contributed by atoms with Crippen LogP contribution in [0.25, 0.3) is 0 Å². The van der Waals surface area contributed by atoms with Crippen molar-refractivity contribution < 1.29 is 4.79 Å². The second kappa shape index (κ2) is 8.33. The van der Waals surface area contributed by atoms with Gasteiger partial charge in [-0.3, -0.25) is 4.79 Å². The molecule has 1 aromatic heterocycles. The number of aromatic nitrogens is 2. The summed E-state index contributed by atoms with van der Waals surface area (Å²) in [5.74, 6) is 0.503. The number of hydrogen-bond acceptors (Lipinski definition) is 6. The van der Waals surface area contributed by atoms with Gasteiger partial charge in [0.15, 0.2) is 4.34 Å². The maximum atomic E-state index is 13.0. The van der Waals surface area contributed by atoms with Gasteiger partial charge in [0.2, 0.25) is 11.0 Å². The Labute approximate surface area is 147 Å². The minimum absolute atomic E-state index is 0.0927. The molecule has 5 nitrogen and oxygen atoms in total. The first kappa shape index (κ1) is 18.5. The molecule has 2 rings (SSSR count). The Bertz CT molecular complexity index is 512. The molecule has 0 N–H and O–H groups in total. The van der Waals surface area contributed by atoms with E-state index >= 15 is 0 Å². The van der Waals surface area contributed by atoms with E-state index in [0.717, 1.165) is 22.3 Å². The molecule has 0 aliphatic heterocycles.